The summed E-state index contributed by atoms with van der Waals surface area (Å²) < 4.78 is 0. The van der Waals surface area contributed by atoms with E-state index in [-0.39, 0.29) is 17.5 Å². The van der Waals surface area contributed by atoms with Crippen LogP contribution in [0, 0.1) is 0 Å². The van der Waals surface area contributed by atoms with Gasteiger partial charge in [-0.3, -0.25) is 9.69 Å². The molecule has 1 saturated carbocycles. The van der Waals surface area contributed by atoms with Crippen LogP contribution in [0.5, 0.6) is 0 Å². The molecule has 1 aliphatic carbocycles. The van der Waals surface area contributed by atoms with Crippen molar-refractivity contribution >= 4 is 5.91 Å². The second kappa shape index (κ2) is 6.23. The first-order valence-electron chi connectivity index (χ1n) is 7.76. The van der Waals surface area contributed by atoms with E-state index in [2.05, 4.69) is 29.4 Å². The molecule has 4 nitrogen and oxygen atoms in total. The highest BCUT2D eigenvalue weighted by molar-refractivity contribution is 5.83. The van der Waals surface area contributed by atoms with Crippen molar-refractivity contribution in [1.29, 1.82) is 0 Å². The molecule has 1 amide bonds. The minimum absolute atomic E-state index is 0.0589. The van der Waals surface area contributed by atoms with Gasteiger partial charge < -0.3 is 10.6 Å². The number of carbonyl (C=O) groups excluding carboxylic acids is 1. The lowest BCUT2D eigenvalue weighted by Gasteiger charge is -2.48. The van der Waals surface area contributed by atoms with Gasteiger partial charge in [0, 0.05) is 18.1 Å². The molecular weight excluding hydrogens is 238 g/mol. The number of hydrogen-bond donors (Lipinski definition) is 2. The maximum atomic E-state index is 12.4. The highest BCUT2D eigenvalue weighted by Crippen LogP contribution is 2.28. The van der Waals surface area contributed by atoms with Crippen LogP contribution in [0.2, 0.25) is 0 Å². The molecule has 1 saturated heterocycles. The molecule has 0 aromatic rings. The molecule has 19 heavy (non-hydrogen) atoms. The molecule has 0 aromatic carbocycles. The van der Waals surface area contributed by atoms with Gasteiger partial charge in [0.25, 0.3) is 0 Å². The van der Waals surface area contributed by atoms with Crippen LogP contribution < -0.4 is 10.6 Å². The summed E-state index contributed by atoms with van der Waals surface area (Å²) >= 11 is 0. The van der Waals surface area contributed by atoms with Crippen molar-refractivity contribution < 1.29 is 4.79 Å². The maximum absolute atomic E-state index is 12.4. The molecule has 2 aliphatic rings. The molecule has 1 unspecified atom stereocenters. The Balaban J connectivity index is 2.09. The van der Waals surface area contributed by atoms with Crippen molar-refractivity contribution in [2.75, 3.05) is 20.1 Å². The summed E-state index contributed by atoms with van der Waals surface area (Å²) in [5.41, 5.74) is -0.0926. The normalized spacial score (nSPS) is 29.2. The Labute approximate surface area is 117 Å². The predicted molar refractivity (Wildman–Crippen MR) is 78.1 cm³/mol. The predicted octanol–water partition coefficient (Wildman–Crippen LogP) is 1.51. The van der Waals surface area contributed by atoms with Gasteiger partial charge in [-0.2, -0.15) is 0 Å². The van der Waals surface area contributed by atoms with Crippen molar-refractivity contribution in [2.45, 2.75) is 70.0 Å². The van der Waals surface area contributed by atoms with Crippen molar-refractivity contribution in [1.82, 2.24) is 15.5 Å². The van der Waals surface area contributed by atoms with E-state index in [1.54, 1.807) is 0 Å². The molecule has 0 aromatic heterocycles. The lowest BCUT2D eigenvalue weighted by Crippen LogP contribution is -2.67. The van der Waals surface area contributed by atoms with Crippen LogP contribution in [0.3, 0.4) is 0 Å². The summed E-state index contributed by atoms with van der Waals surface area (Å²) in [5, 5.41) is 6.35. The largest absolute Gasteiger partial charge is 0.349 e. The second-order valence-electron chi connectivity index (χ2n) is 6.75. The molecule has 1 atom stereocenters. The average Bonchev–Trinajstić information content (AvgIpc) is 2.37. The first-order valence-corrected chi connectivity index (χ1v) is 7.76. The lowest BCUT2D eigenvalue weighted by molar-refractivity contribution is -0.135. The Morgan fingerprint density at radius 2 is 2.00 bits per heavy atom. The van der Waals surface area contributed by atoms with Gasteiger partial charge in [0.05, 0.1) is 6.04 Å². The fourth-order valence-electron chi connectivity index (χ4n) is 3.55. The summed E-state index contributed by atoms with van der Waals surface area (Å²) in [4.78, 5) is 14.9. The van der Waals surface area contributed by atoms with E-state index in [0.717, 1.165) is 19.5 Å². The van der Waals surface area contributed by atoms with Crippen LogP contribution in [0.4, 0.5) is 0 Å². The molecule has 0 bridgehead atoms. The summed E-state index contributed by atoms with van der Waals surface area (Å²) in [7, 11) is 1.95. The number of hydrogen-bond acceptors (Lipinski definition) is 3. The van der Waals surface area contributed by atoms with Crippen LogP contribution >= 0.6 is 0 Å². The molecule has 4 heteroatoms. The smallest absolute Gasteiger partial charge is 0.237 e. The standard InChI is InChI=1S/C15H29N3O/c1-15(2)11-18(12-7-5-4-6-8-12)13(9-10-16-3)14(19)17-15/h12-13,16H,4-11H2,1-3H3,(H,17,19). The van der Waals surface area contributed by atoms with E-state index in [9.17, 15) is 4.79 Å². The van der Waals surface area contributed by atoms with E-state index in [0.29, 0.717) is 6.04 Å². The third-order valence-corrected chi connectivity index (χ3v) is 4.45. The van der Waals surface area contributed by atoms with Gasteiger partial charge in [0.15, 0.2) is 0 Å². The number of amides is 1. The third kappa shape index (κ3) is 3.69. The number of nitrogens with one attached hydrogen (secondary N) is 2. The van der Waals surface area contributed by atoms with Gasteiger partial charge >= 0.3 is 0 Å². The van der Waals surface area contributed by atoms with E-state index < -0.39 is 0 Å². The molecule has 2 rings (SSSR count). The van der Waals surface area contributed by atoms with Gasteiger partial charge in [-0.25, -0.2) is 0 Å². The van der Waals surface area contributed by atoms with Crippen molar-refractivity contribution in [3.63, 3.8) is 0 Å². The molecular formula is C15H29N3O. The van der Waals surface area contributed by atoms with Gasteiger partial charge in [-0.1, -0.05) is 19.3 Å². The zero-order valence-corrected chi connectivity index (χ0v) is 12.7. The van der Waals surface area contributed by atoms with E-state index in [1.807, 2.05) is 7.05 Å². The quantitative estimate of drug-likeness (QED) is 0.811. The van der Waals surface area contributed by atoms with Crippen LogP contribution in [-0.4, -0.2) is 48.6 Å². The Bertz CT molecular complexity index is 311. The summed E-state index contributed by atoms with van der Waals surface area (Å²) in [6.45, 7) is 6.16. The molecule has 0 radical (unpaired) electrons. The number of rotatable bonds is 4. The zero-order chi connectivity index (χ0) is 13.9. The fourth-order valence-corrected chi connectivity index (χ4v) is 3.55. The van der Waals surface area contributed by atoms with E-state index >= 15 is 0 Å². The fraction of sp³-hybridized carbons (Fsp3) is 0.933. The Hall–Kier alpha value is -0.610. The maximum Gasteiger partial charge on any atom is 0.237 e. The minimum Gasteiger partial charge on any atom is -0.349 e. The van der Waals surface area contributed by atoms with Crippen LogP contribution in [0.1, 0.15) is 52.4 Å². The third-order valence-electron chi connectivity index (χ3n) is 4.45. The Morgan fingerprint density at radius 1 is 1.32 bits per heavy atom. The molecule has 1 aliphatic heterocycles. The SMILES string of the molecule is CNCCC1C(=O)NC(C)(C)CN1C1CCCCC1. The van der Waals surface area contributed by atoms with Crippen molar-refractivity contribution in [2.24, 2.45) is 0 Å². The van der Waals surface area contributed by atoms with Gasteiger partial charge in [0.2, 0.25) is 5.91 Å². The molecule has 110 valence electrons. The average molecular weight is 267 g/mol. The Morgan fingerprint density at radius 3 is 2.63 bits per heavy atom. The Kier molecular flexibility index (Phi) is 4.85. The first kappa shape index (κ1) is 14.8. The number of piperazine rings is 1. The van der Waals surface area contributed by atoms with Gasteiger partial charge in [0.1, 0.15) is 0 Å². The molecule has 0 spiro atoms. The van der Waals surface area contributed by atoms with E-state index in [4.69, 9.17) is 0 Å². The van der Waals surface area contributed by atoms with E-state index in [1.165, 1.54) is 32.1 Å². The van der Waals surface area contributed by atoms with Crippen LogP contribution in [-0.2, 0) is 4.79 Å². The highest BCUT2D eigenvalue weighted by Gasteiger charge is 2.41. The highest BCUT2D eigenvalue weighted by atomic mass is 16.2. The first-order chi connectivity index (χ1) is 9.03. The summed E-state index contributed by atoms with van der Waals surface area (Å²) in [6.07, 6.45) is 7.44. The summed E-state index contributed by atoms with van der Waals surface area (Å²) in [6, 6.07) is 0.671. The molecule has 1 heterocycles. The summed E-state index contributed by atoms with van der Waals surface area (Å²) in [5.74, 6) is 0.220. The minimum atomic E-state index is -0.0926. The number of carbonyl (C=O) groups is 1. The van der Waals surface area contributed by atoms with Crippen molar-refractivity contribution in [3.8, 4) is 0 Å². The zero-order valence-electron chi connectivity index (χ0n) is 12.7. The van der Waals surface area contributed by atoms with Gasteiger partial charge in [-0.15, -0.1) is 0 Å². The van der Waals surface area contributed by atoms with Crippen LogP contribution in [0.15, 0.2) is 0 Å². The topological polar surface area (TPSA) is 44.4 Å². The lowest BCUT2D eigenvalue weighted by atomic mass is 9.88. The molecule has 2 N–H and O–H groups in total. The molecule has 2 fully saturated rings. The number of nitrogens with zero attached hydrogens (tertiary/aromatic N) is 1. The van der Waals surface area contributed by atoms with Gasteiger partial charge in [-0.05, 0) is 46.7 Å². The second-order valence-corrected chi connectivity index (χ2v) is 6.75. The van der Waals surface area contributed by atoms with Crippen molar-refractivity contribution in [3.05, 3.63) is 0 Å². The van der Waals surface area contributed by atoms with Crippen LogP contribution in [0.25, 0.3) is 0 Å². The monoisotopic (exact) mass is 267 g/mol.